The molecular weight excluding hydrogens is 1040 g/mol. The van der Waals surface area contributed by atoms with Crippen LogP contribution in [0.1, 0.15) is 149 Å². The van der Waals surface area contributed by atoms with E-state index in [0.717, 1.165) is 61.1 Å². The molecule has 0 aromatic carbocycles. The molecule has 3 rings (SSSR count). The number of fused-ring (bicyclic) bond motifs is 1. The third-order valence-electron chi connectivity index (χ3n) is 11.6. The molecule has 0 aliphatic carbocycles. The number of aliphatic hydroxyl groups excluding tert-OH is 2. The number of hydrogen-bond donors (Lipinski definition) is 9. The van der Waals surface area contributed by atoms with E-state index < -0.39 is 84.6 Å². The summed E-state index contributed by atoms with van der Waals surface area (Å²) >= 11 is 1.15. The summed E-state index contributed by atoms with van der Waals surface area (Å²) < 4.78 is 62.5. The number of phosphoric acid groups is 3. The molecule has 3 heterocycles. The van der Waals surface area contributed by atoms with Gasteiger partial charge in [0.05, 0.1) is 19.5 Å². The van der Waals surface area contributed by atoms with Crippen molar-refractivity contribution in [3.05, 3.63) is 37.0 Å². The van der Waals surface area contributed by atoms with Gasteiger partial charge in [-0.25, -0.2) is 28.6 Å². The van der Waals surface area contributed by atoms with Crippen molar-refractivity contribution in [1.29, 1.82) is 0 Å². The van der Waals surface area contributed by atoms with Crippen LogP contribution in [0.15, 0.2) is 37.0 Å². The van der Waals surface area contributed by atoms with Crippen LogP contribution >= 0.6 is 35.2 Å². The molecule has 1 aliphatic heterocycles. The average Bonchev–Trinajstić information content (AvgIpc) is 3.88. The predicted molar refractivity (Wildman–Crippen MR) is 274 cm³/mol. The van der Waals surface area contributed by atoms with E-state index in [1.54, 1.807) is 0 Å². The Morgan fingerprint density at radius 3 is 2.07 bits per heavy atom. The summed E-state index contributed by atoms with van der Waals surface area (Å²) in [6.07, 6.45) is 23.1. The fourth-order valence-electron chi connectivity index (χ4n) is 7.51. The summed E-state index contributed by atoms with van der Waals surface area (Å²) in [5.41, 5.74) is 4.29. The number of carbonyl (C=O) groups is 3. The fourth-order valence-corrected chi connectivity index (χ4v) is 11.1. The number of nitrogens with two attached hydrogens (primary N) is 1. The summed E-state index contributed by atoms with van der Waals surface area (Å²) in [5, 5.41) is 26.7. The molecule has 10 N–H and O–H groups in total. The zero-order valence-electron chi connectivity index (χ0n) is 42.1. The van der Waals surface area contributed by atoms with E-state index in [9.17, 15) is 57.9 Å². The number of aromatic nitrogens is 4. The quantitative estimate of drug-likeness (QED) is 0.0188. The summed E-state index contributed by atoms with van der Waals surface area (Å²) in [7, 11) is -16.4. The van der Waals surface area contributed by atoms with Gasteiger partial charge in [0.2, 0.25) is 11.8 Å². The lowest BCUT2D eigenvalue weighted by Gasteiger charge is -2.30. The summed E-state index contributed by atoms with van der Waals surface area (Å²) in [6, 6.07) is 0. The van der Waals surface area contributed by atoms with Crippen LogP contribution in [-0.2, 0) is 50.7 Å². The molecule has 0 radical (unpaired) electrons. The smallest absolute Gasteiger partial charge is 0.386 e. The number of unbranched alkanes of at least 4 members (excludes halogenated alkanes) is 14. The van der Waals surface area contributed by atoms with Crippen molar-refractivity contribution in [1.82, 2.24) is 30.2 Å². The molecule has 0 bridgehead atoms. The van der Waals surface area contributed by atoms with Crippen molar-refractivity contribution < 1.29 is 80.5 Å². The Balaban J connectivity index is 1.23. The highest BCUT2D eigenvalue weighted by atomic mass is 32.2. The molecule has 1 aliphatic rings. The van der Waals surface area contributed by atoms with Crippen LogP contribution < -0.4 is 16.4 Å². The van der Waals surface area contributed by atoms with Crippen LogP contribution in [0, 0.1) is 5.41 Å². The second kappa shape index (κ2) is 33.3. The van der Waals surface area contributed by atoms with Crippen molar-refractivity contribution in [2.45, 2.75) is 173 Å². The van der Waals surface area contributed by atoms with Gasteiger partial charge < -0.3 is 50.9 Å². The minimum atomic E-state index is -5.58. The molecule has 28 heteroatoms. The molecular formula is C45H78N7O17P3S. The molecule has 416 valence electrons. The van der Waals surface area contributed by atoms with E-state index in [-0.39, 0.29) is 41.6 Å². The average molecular weight is 1110 g/mol. The topological polar surface area (TPSA) is 364 Å². The summed E-state index contributed by atoms with van der Waals surface area (Å²) in [4.78, 5) is 88.6. The van der Waals surface area contributed by atoms with Crippen LogP contribution in [0.3, 0.4) is 0 Å². The minimum Gasteiger partial charge on any atom is -0.386 e. The van der Waals surface area contributed by atoms with Gasteiger partial charge in [0, 0.05) is 37.1 Å². The first-order chi connectivity index (χ1) is 34.6. The van der Waals surface area contributed by atoms with E-state index in [4.69, 9.17) is 19.5 Å². The Labute approximate surface area is 431 Å². The van der Waals surface area contributed by atoms with Crippen LogP contribution in [0.2, 0.25) is 0 Å². The van der Waals surface area contributed by atoms with Gasteiger partial charge in [-0.05, 0) is 38.5 Å². The van der Waals surface area contributed by atoms with Crippen molar-refractivity contribution in [3.63, 3.8) is 0 Å². The first-order valence-electron chi connectivity index (χ1n) is 24.9. The highest BCUT2D eigenvalue weighted by molar-refractivity contribution is 8.13. The number of amides is 2. The van der Waals surface area contributed by atoms with Crippen molar-refractivity contribution in [3.8, 4) is 0 Å². The highest BCUT2D eigenvalue weighted by Gasteiger charge is 2.50. The summed E-state index contributed by atoms with van der Waals surface area (Å²) in [6.45, 7) is 2.81. The zero-order valence-corrected chi connectivity index (χ0v) is 45.6. The van der Waals surface area contributed by atoms with E-state index in [0.29, 0.717) is 12.2 Å². The Bertz CT molecular complexity index is 2200. The minimum absolute atomic E-state index is 0.0332. The maximum atomic E-state index is 12.8. The van der Waals surface area contributed by atoms with Crippen LogP contribution in [0.25, 0.3) is 11.2 Å². The molecule has 2 aromatic rings. The zero-order chi connectivity index (χ0) is 53.9. The molecule has 73 heavy (non-hydrogen) atoms. The number of hydrogen-bond acceptors (Lipinski definition) is 18. The van der Waals surface area contributed by atoms with Crippen LogP contribution in [0.4, 0.5) is 5.82 Å². The lowest BCUT2D eigenvalue weighted by molar-refractivity contribution is -0.137. The van der Waals surface area contributed by atoms with E-state index in [1.165, 1.54) is 90.9 Å². The lowest BCUT2D eigenvalue weighted by atomic mass is 9.87. The Morgan fingerprint density at radius 1 is 0.836 bits per heavy atom. The van der Waals surface area contributed by atoms with Crippen molar-refractivity contribution >= 4 is 69.1 Å². The number of nitrogen functional groups attached to an aromatic ring is 1. The molecule has 0 spiro atoms. The van der Waals surface area contributed by atoms with E-state index in [1.807, 2.05) is 0 Å². The predicted octanol–water partition coefficient (Wildman–Crippen LogP) is 6.82. The van der Waals surface area contributed by atoms with Gasteiger partial charge in [0.1, 0.15) is 36.3 Å². The maximum absolute atomic E-state index is 12.8. The normalized spacial score (nSPS) is 19.6. The number of carbonyl (C=O) groups excluding carboxylic acids is 3. The monoisotopic (exact) mass is 1110 g/mol. The molecule has 1 fully saturated rings. The first-order valence-corrected chi connectivity index (χ1v) is 30.4. The molecule has 1 saturated heterocycles. The number of thioether (sulfide) groups is 1. The third kappa shape index (κ3) is 25.6. The summed E-state index contributed by atoms with van der Waals surface area (Å²) in [5.74, 6) is -1.03. The van der Waals surface area contributed by atoms with Crippen molar-refractivity contribution in [2.75, 3.05) is 37.8 Å². The number of imidazole rings is 1. The van der Waals surface area contributed by atoms with Gasteiger partial charge in [-0.1, -0.05) is 127 Å². The van der Waals surface area contributed by atoms with Gasteiger partial charge in [-0.3, -0.25) is 32.5 Å². The molecule has 7 atom stereocenters. The third-order valence-corrected chi connectivity index (χ3v) is 15.6. The largest absolute Gasteiger partial charge is 0.481 e. The Kier molecular flexibility index (Phi) is 29.3. The van der Waals surface area contributed by atoms with Gasteiger partial charge in [-0.15, -0.1) is 0 Å². The molecule has 0 saturated carbocycles. The molecule has 2 aromatic heterocycles. The maximum Gasteiger partial charge on any atom is 0.481 e. The van der Waals surface area contributed by atoms with Gasteiger partial charge in [0.15, 0.2) is 22.8 Å². The molecule has 7 unspecified atom stereocenters. The van der Waals surface area contributed by atoms with Crippen LogP contribution in [0.5, 0.6) is 0 Å². The fraction of sp³-hybridized carbons (Fsp3) is 0.733. The second-order valence-corrected chi connectivity index (χ2v) is 23.8. The lowest BCUT2D eigenvalue weighted by Crippen LogP contribution is -2.46. The number of nitrogens with one attached hydrogen (secondary N) is 2. The van der Waals surface area contributed by atoms with Crippen LogP contribution in [-0.4, -0.2) is 123 Å². The Morgan fingerprint density at radius 2 is 1.44 bits per heavy atom. The number of allylic oxidation sites excluding steroid dienone is 4. The van der Waals surface area contributed by atoms with Gasteiger partial charge in [-0.2, -0.15) is 4.31 Å². The van der Waals surface area contributed by atoms with Gasteiger partial charge in [0.25, 0.3) is 0 Å². The molecule has 2 amide bonds. The van der Waals surface area contributed by atoms with Crippen molar-refractivity contribution in [2.24, 2.45) is 5.41 Å². The van der Waals surface area contributed by atoms with E-state index >= 15 is 0 Å². The SMILES string of the molecule is CCCCCCC/C=C/C/C=C/CCCCCCCCCCCC(=O)SCCNC(=O)CCNC(=O)C(O)C(C)(C)COP(=O)(O)OP(=O)(O)OCC1OC(n2cnc3c(N)ncnc32)C(O)C1OP(=O)(O)O. The number of aliphatic hydroxyl groups is 2. The number of rotatable bonds is 39. The highest BCUT2D eigenvalue weighted by Crippen LogP contribution is 2.61. The number of nitrogens with zero attached hydrogens (tertiary/aromatic N) is 4. The number of ether oxygens (including phenoxy) is 1. The Hall–Kier alpha value is -2.96. The standard InChI is InChI=1S/C45H78N7O17P3S/c1-4-5-6-7-8-9-10-11-12-13-14-15-16-17-18-19-20-21-22-23-24-25-36(54)73-29-28-47-35(53)26-27-48-43(57)40(56)45(2,3)31-66-72(63,64)69-71(61,62)65-30-34-39(68-70(58,59)60)38(55)44(67-34)52-33-51-37-41(46)49-32-50-42(37)52/h10-11,13-14,32-34,38-40,44,55-56H,4-9,12,15-31H2,1-3H3,(H,47,53)(H,48,57)(H,61,62)(H,63,64)(H2,46,49,50)(H2,58,59,60)/b11-10+,14-13+. The van der Waals surface area contributed by atoms with E-state index in [2.05, 4.69) is 65.6 Å². The van der Waals surface area contributed by atoms with Gasteiger partial charge >= 0.3 is 23.5 Å². The first kappa shape index (κ1) is 64.3. The number of anilines is 1. The molecule has 24 nitrogen and oxygen atoms in total. The second-order valence-electron chi connectivity index (χ2n) is 18.4. The number of phosphoric ester groups is 3.